The second-order valence-corrected chi connectivity index (χ2v) is 6.48. The fraction of sp³-hybridized carbons (Fsp3) is 0.625. The largest absolute Gasteiger partial charge is 0.399 e. The van der Waals surface area contributed by atoms with Crippen LogP contribution in [0.25, 0.3) is 0 Å². The molecule has 2 aliphatic carbocycles. The molecule has 3 heteroatoms. The molecule has 19 heavy (non-hydrogen) atoms. The van der Waals surface area contributed by atoms with Crippen molar-refractivity contribution in [1.82, 2.24) is 4.90 Å². The third-order valence-corrected chi connectivity index (χ3v) is 4.95. The van der Waals surface area contributed by atoms with Crippen molar-refractivity contribution in [2.45, 2.75) is 32.2 Å². The molecule has 104 valence electrons. The summed E-state index contributed by atoms with van der Waals surface area (Å²) in [6.45, 7) is 1.78. The molecule has 1 aromatic rings. The molecule has 2 bridgehead atoms. The minimum atomic E-state index is -0.181. The van der Waals surface area contributed by atoms with E-state index in [9.17, 15) is 4.39 Å². The topological polar surface area (TPSA) is 29.3 Å². The van der Waals surface area contributed by atoms with Crippen molar-refractivity contribution in [3.05, 3.63) is 29.6 Å². The monoisotopic (exact) mass is 262 g/mol. The van der Waals surface area contributed by atoms with Gasteiger partial charge in [-0.05, 0) is 56.2 Å². The van der Waals surface area contributed by atoms with E-state index in [2.05, 4.69) is 11.9 Å². The summed E-state index contributed by atoms with van der Waals surface area (Å²) < 4.78 is 13.8. The Hall–Kier alpha value is -1.09. The number of nitrogens with two attached hydrogens (primary N) is 1. The smallest absolute Gasteiger partial charge is 0.129 e. The molecule has 3 rings (SSSR count). The summed E-state index contributed by atoms with van der Waals surface area (Å²) in [6, 6.07) is 5.01. The molecule has 0 aromatic heterocycles. The van der Waals surface area contributed by atoms with Crippen LogP contribution < -0.4 is 5.73 Å². The minimum Gasteiger partial charge on any atom is -0.399 e. The number of rotatable bonds is 4. The lowest BCUT2D eigenvalue weighted by Crippen LogP contribution is -2.28. The van der Waals surface area contributed by atoms with Crippen LogP contribution in [0.15, 0.2) is 18.2 Å². The highest BCUT2D eigenvalue weighted by molar-refractivity contribution is 5.40. The highest BCUT2D eigenvalue weighted by Gasteiger charge is 2.39. The van der Waals surface area contributed by atoms with Crippen LogP contribution in [0.5, 0.6) is 0 Å². The molecular formula is C16H23FN2. The predicted octanol–water partition coefficient (Wildman–Crippen LogP) is 3.28. The molecule has 3 unspecified atom stereocenters. The van der Waals surface area contributed by atoms with Gasteiger partial charge in [0.2, 0.25) is 0 Å². The molecule has 0 spiro atoms. The van der Waals surface area contributed by atoms with Crippen molar-refractivity contribution >= 4 is 5.69 Å². The average molecular weight is 262 g/mol. The van der Waals surface area contributed by atoms with Gasteiger partial charge in [-0.1, -0.05) is 12.5 Å². The normalized spacial score (nSPS) is 29.3. The maximum Gasteiger partial charge on any atom is 0.129 e. The standard InChI is InChI=1S/C16H23FN2/c1-19(9-13-4-5-15(18)8-16(13)17)10-14-7-11-2-3-12(14)6-11/h4-5,8,11-12,14H,2-3,6-7,9-10,18H2,1H3. The first kappa shape index (κ1) is 12.9. The highest BCUT2D eigenvalue weighted by atomic mass is 19.1. The van der Waals surface area contributed by atoms with Crippen molar-refractivity contribution in [2.75, 3.05) is 19.3 Å². The van der Waals surface area contributed by atoms with Crippen molar-refractivity contribution in [1.29, 1.82) is 0 Å². The zero-order chi connectivity index (χ0) is 13.4. The molecule has 3 atom stereocenters. The number of nitrogens with zero attached hydrogens (tertiary/aromatic N) is 1. The highest BCUT2D eigenvalue weighted by Crippen LogP contribution is 2.48. The predicted molar refractivity (Wildman–Crippen MR) is 76.1 cm³/mol. The summed E-state index contributed by atoms with van der Waals surface area (Å²) in [5, 5.41) is 0. The quantitative estimate of drug-likeness (QED) is 0.844. The van der Waals surface area contributed by atoms with Crippen molar-refractivity contribution in [3.8, 4) is 0 Å². The van der Waals surface area contributed by atoms with Crippen molar-refractivity contribution in [3.63, 3.8) is 0 Å². The van der Waals surface area contributed by atoms with Gasteiger partial charge in [0.25, 0.3) is 0 Å². The Morgan fingerprint density at radius 1 is 1.32 bits per heavy atom. The lowest BCUT2D eigenvalue weighted by atomic mass is 9.88. The second-order valence-electron chi connectivity index (χ2n) is 6.48. The fourth-order valence-electron chi connectivity index (χ4n) is 4.05. The van der Waals surface area contributed by atoms with Crippen LogP contribution in [0, 0.1) is 23.6 Å². The molecule has 0 saturated heterocycles. The minimum absolute atomic E-state index is 0.181. The molecule has 2 aliphatic rings. The summed E-state index contributed by atoms with van der Waals surface area (Å²) in [4.78, 5) is 2.26. The first-order valence-corrected chi connectivity index (χ1v) is 7.34. The Morgan fingerprint density at radius 3 is 2.79 bits per heavy atom. The van der Waals surface area contributed by atoms with E-state index in [1.54, 1.807) is 6.07 Å². The van der Waals surface area contributed by atoms with E-state index >= 15 is 0 Å². The van der Waals surface area contributed by atoms with Gasteiger partial charge in [-0.2, -0.15) is 0 Å². The van der Waals surface area contributed by atoms with Gasteiger partial charge in [0, 0.05) is 24.3 Å². The average Bonchev–Trinajstić information content (AvgIpc) is 2.95. The summed E-state index contributed by atoms with van der Waals surface area (Å²) in [6.07, 6.45) is 5.69. The fourth-order valence-corrected chi connectivity index (χ4v) is 4.05. The summed E-state index contributed by atoms with van der Waals surface area (Å²) >= 11 is 0. The van der Waals surface area contributed by atoms with Gasteiger partial charge < -0.3 is 10.6 Å². The van der Waals surface area contributed by atoms with E-state index in [-0.39, 0.29) is 5.82 Å². The number of nitrogen functional groups attached to an aromatic ring is 1. The van der Waals surface area contributed by atoms with E-state index in [1.807, 2.05) is 6.07 Å². The first-order chi connectivity index (χ1) is 9.11. The zero-order valence-corrected chi connectivity index (χ0v) is 11.6. The molecule has 0 radical (unpaired) electrons. The lowest BCUT2D eigenvalue weighted by molar-refractivity contribution is 0.213. The van der Waals surface area contributed by atoms with Gasteiger partial charge in [-0.3, -0.25) is 0 Å². The Kier molecular flexibility index (Phi) is 3.48. The molecule has 1 aromatic carbocycles. The molecular weight excluding hydrogens is 239 g/mol. The zero-order valence-electron chi connectivity index (χ0n) is 11.6. The second kappa shape index (κ2) is 5.12. The number of hydrogen-bond donors (Lipinski definition) is 1. The van der Waals surface area contributed by atoms with E-state index in [0.29, 0.717) is 12.2 Å². The van der Waals surface area contributed by atoms with Crippen LogP contribution in [-0.2, 0) is 6.54 Å². The molecule has 2 fully saturated rings. The number of fused-ring (bicyclic) bond motifs is 2. The van der Waals surface area contributed by atoms with Crippen LogP contribution in [0.1, 0.15) is 31.2 Å². The molecule has 2 saturated carbocycles. The maximum atomic E-state index is 13.8. The number of anilines is 1. The van der Waals surface area contributed by atoms with Gasteiger partial charge >= 0.3 is 0 Å². The first-order valence-electron chi connectivity index (χ1n) is 7.34. The van der Waals surface area contributed by atoms with Crippen molar-refractivity contribution in [2.24, 2.45) is 17.8 Å². The molecule has 2 nitrogen and oxygen atoms in total. The third-order valence-electron chi connectivity index (χ3n) is 4.95. The summed E-state index contributed by atoms with van der Waals surface area (Å²) in [5.74, 6) is 2.57. The lowest BCUT2D eigenvalue weighted by Gasteiger charge is -2.27. The number of hydrogen-bond acceptors (Lipinski definition) is 2. The van der Waals surface area contributed by atoms with Gasteiger partial charge in [0.05, 0.1) is 0 Å². The van der Waals surface area contributed by atoms with Gasteiger partial charge in [0.1, 0.15) is 5.82 Å². The molecule has 0 amide bonds. The number of benzene rings is 1. The van der Waals surface area contributed by atoms with E-state index in [1.165, 1.54) is 31.7 Å². The Morgan fingerprint density at radius 2 is 2.16 bits per heavy atom. The Labute approximate surface area is 114 Å². The SMILES string of the molecule is CN(Cc1ccc(N)cc1F)CC1CC2CCC1C2. The van der Waals surface area contributed by atoms with Crippen LogP contribution in [0.3, 0.4) is 0 Å². The van der Waals surface area contributed by atoms with Gasteiger partial charge in [0.15, 0.2) is 0 Å². The third kappa shape index (κ3) is 2.76. The Bertz CT molecular complexity index is 460. The van der Waals surface area contributed by atoms with E-state index < -0.39 is 0 Å². The molecule has 0 heterocycles. The Balaban J connectivity index is 1.57. The van der Waals surface area contributed by atoms with Crippen LogP contribution in [0.4, 0.5) is 10.1 Å². The van der Waals surface area contributed by atoms with Crippen LogP contribution in [-0.4, -0.2) is 18.5 Å². The van der Waals surface area contributed by atoms with E-state index in [4.69, 9.17) is 5.73 Å². The summed E-state index contributed by atoms with van der Waals surface area (Å²) in [5.41, 5.74) is 6.82. The summed E-state index contributed by atoms with van der Waals surface area (Å²) in [7, 11) is 2.10. The van der Waals surface area contributed by atoms with Crippen molar-refractivity contribution < 1.29 is 4.39 Å². The number of halogens is 1. The van der Waals surface area contributed by atoms with Gasteiger partial charge in [-0.15, -0.1) is 0 Å². The maximum absolute atomic E-state index is 13.8. The van der Waals surface area contributed by atoms with Crippen LogP contribution >= 0.6 is 0 Å². The van der Waals surface area contributed by atoms with Crippen LogP contribution in [0.2, 0.25) is 0 Å². The van der Waals surface area contributed by atoms with Gasteiger partial charge in [-0.25, -0.2) is 4.39 Å². The molecule has 2 N–H and O–H groups in total. The van der Waals surface area contributed by atoms with E-state index in [0.717, 1.165) is 29.9 Å². The molecule has 0 aliphatic heterocycles.